The third kappa shape index (κ3) is 6.01. The first-order valence-corrected chi connectivity index (χ1v) is 8.15. The van der Waals surface area contributed by atoms with Crippen molar-refractivity contribution in [3.8, 4) is 5.75 Å². The van der Waals surface area contributed by atoms with Crippen LogP contribution in [0.25, 0.3) is 0 Å². The Labute approximate surface area is 142 Å². The molecule has 0 fully saturated rings. The normalized spacial score (nSPS) is 12.0. The molecule has 0 radical (unpaired) electrons. The van der Waals surface area contributed by atoms with Crippen molar-refractivity contribution in [1.29, 1.82) is 0 Å². The van der Waals surface area contributed by atoms with Gasteiger partial charge in [0.15, 0.2) is 0 Å². The van der Waals surface area contributed by atoms with E-state index in [1.807, 2.05) is 44.2 Å². The van der Waals surface area contributed by atoms with Gasteiger partial charge in [-0.3, -0.25) is 9.78 Å². The number of carbonyl (C=O) groups is 1. The summed E-state index contributed by atoms with van der Waals surface area (Å²) in [6.45, 7) is 4.08. The molecule has 128 valence electrons. The van der Waals surface area contributed by atoms with Gasteiger partial charge in [-0.1, -0.05) is 18.2 Å². The summed E-state index contributed by atoms with van der Waals surface area (Å²) in [4.78, 5) is 15.9. The summed E-state index contributed by atoms with van der Waals surface area (Å²) in [5.41, 5.74) is 1.74. The highest BCUT2D eigenvalue weighted by Gasteiger charge is 2.11. The van der Waals surface area contributed by atoms with E-state index >= 15 is 0 Å². The number of aryl methyl sites for hydroxylation is 1. The van der Waals surface area contributed by atoms with Crippen LogP contribution < -0.4 is 10.1 Å². The van der Waals surface area contributed by atoms with Gasteiger partial charge in [0.05, 0.1) is 12.2 Å². The van der Waals surface area contributed by atoms with Crippen LogP contribution in [0.3, 0.4) is 0 Å². The molecule has 5 heteroatoms. The number of aliphatic hydroxyl groups is 1. The molecule has 2 N–H and O–H groups in total. The van der Waals surface area contributed by atoms with E-state index in [9.17, 15) is 9.90 Å². The molecule has 0 saturated heterocycles. The lowest BCUT2D eigenvalue weighted by atomic mass is 10.1. The third-order valence-electron chi connectivity index (χ3n) is 3.47. The standard InChI is InChI=1S/C19H24N2O3/c1-14(2)24-17-7-3-6-16(11-17)18(22)13-21-19(23)9-8-15-5-4-10-20-12-15/h3-7,10-12,14,18,22H,8-9,13H2,1-2H3,(H,21,23). The van der Waals surface area contributed by atoms with Gasteiger partial charge < -0.3 is 15.2 Å². The second-order valence-corrected chi connectivity index (χ2v) is 5.92. The van der Waals surface area contributed by atoms with Crippen molar-refractivity contribution in [2.24, 2.45) is 0 Å². The van der Waals surface area contributed by atoms with Gasteiger partial charge in [-0.15, -0.1) is 0 Å². The molecule has 1 amide bonds. The molecule has 1 unspecified atom stereocenters. The number of nitrogens with zero attached hydrogens (tertiary/aromatic N) is 1. The topological polar surface area (TPSA) is 71.5 Å². The van der Waals surface area contributed by atoms with Crippen LogP contribution in [0, 0.1) is 0 Å². The first-order chi connectivity index (χ1) is 11.5. The zero-order valence-corrected chi connectivity index (χ0v) is 14.1. The molecule has 2 aromatic rings. The van der Waals surface area contributed by atoms with Crippen molar-refractivity contribution in [3.63, 3.8) is 0 Å². The molecular formula is C19H24N2O3. The van der Waals surface area contributed by atoms with Crippen LogP contribution >= 0.6 is 0 Å². The zero-order chi connectivity index (χ0) is 17.4. The first kappa shape index (κ1) is 17.9. The number of amides is 1. The third-order valence-corrected chi connectivity index (χ3v) is 3.47. The molecule has 1 aromatic carbocycles. The van der Waals surface area contributed by atoms with Gasteiger partial charge in [0, 0.05) is 25.4 Å². The number of hydrogen-bond donors (Lipinski definition) is 2. The van der Waals surface area contributed by atoms with E-state index in [1.54, 1.807) is 18.5 Å². The molecule has 1 aromatic heterocycles. The van der Waals surface area contributed by atoms with Gasteiger partial charge in [0.1, 0.15) is 5.75 Å². The molecule has 0 aliphatic heterocycles. The second-order valence-electron chi connectivity index (χ2n) is 5.92. The van der Waals surface area contributed by atoms with Crippen molar-refractivity contribution in [1.82, 2.24) is 10.3 Å². The van der Waals surface area contributed by atoms with E-state index in [4.69, 9.17) is 4.74 Å². The van der Waals surface area contributed by atoms with Crippen LogP contribution in [-0.2, 0) is 11.2 Å². The maximum absolute atomic E-state index is 11.9. The van der Waals surface area contributed by atoms with Gasteiger partial charge in [-0.2, -0.15) is 0 Å². The Morgan fingerprint density at radius 3 is 2.83 bits per heavy atom. The van der Waals surface area contributed by atoms with Gasteiger partial charge in [0.2, 0.25) is 5.91 Å². The van der Waals surface area contributed by atoms with E-state index in [-0.39, 0.29) is 18.6 Å². The maximum atomic E-state index is 11.9. The Morgan fingerprint density at radius 1 is 1.29 bits per heavy atom. The molecule has 5 nitrogen and oxygen atoms in total. The minimum absolute atomic E-state index is 0.0737. The van der Waals surface area contributed by atoms with Crippen molar-refractivity contribution < 1.29 is 14.6 Å². The van der Waals surface area contributed by atoms with E-state index < -0.39 is 6.10 Å². The predicted octanol–water partition coefficient (Wildman–Crippen LogP) is 2.65. The summed E-state index contributed by atoms with van der Waals surface area (Å²) in [5.74, 6) is 0.622. The van der Waals surface area contributed by atoms with E-state index in [2.05, 4.69) is 10.3 Å². The Hall–Kier alpha value is -2.40. The summed E-state index contributed by atoms with van der Waals surface area (Å²) in [6.07, 6.45) is 3.77. The lowest BCUT2D eigenvalue weighted by molar-refractivity contribution is -0.121. The summed E-state index contributed by atoms with van der Waals surface area (Å²) >= 11 is 0. The van der Waals surface area contributed by atoms with Crippen LogP contribution in [-0.4, -0.2) is 28.6 Å². The Kier molecular flexibility index (Phi) is 6.75. The predicted molar refractivity (Wildman–Crippen MR) is 92.7 cm³/mol. The summed E-state index contributed by atoms with van der Waals surface area (Å²) < 4.78 is 5.61. The average molecular weight is 328 g/mol. The van der Waals surface area contributed by atoms with Crippen LogP contribution in [0.1, 0.15) is 37.5 Å². The molecule has 0 aliphatic carbocycles. The van der Waals surface area contributed by atoms with Crippen molar-refractivity contribution >= 4 is 5.91 Å². The Morgan fingerprint density at radius 2 is 2.12 bits per heavy atom. The summed E-state index contributed by atoms with van der Waals surface area (Å²) in [7, 11) is 0. The molecule has 0 saturated carbocycles. The molecule has 0 bridgehead atoms. The molecule has 1 heterocycles. The first-order valence-electron chi connectivity index (χ1n) is 8.15. The van der Waals surface area contributed by atoms with Crippen molar-refractivity contribution in [3.05, 3.63) is 59.9 Å². The van der Waals surface area contributed by atoms with Crippen LogP contribution in [0.15, 0.2) is 48.8 Å². The molecular weight excluding hydrogens is 304 g/mol. The van der Waals surface area contributed by atoms with Crippen molar-refractivity contribution in [2.45, 2.75) is 38.9 Å². The van der Waals surface area contributed by atoms with Crippen molar-refractivity contribution in [2.75, 3.05) is 6.54 Å². The highest BCUT2D eigenvalue weighted by atomic mass is 16.5. The van der Waals surface area contributed by atoms with E-state index in [0.717, 1.165) is 11.1 Å². The number of benzene rings is 1. The molecule has 2 rings (SSSR count). The quantitative estimate of drug-likeness (QED) is 0.781. The smallest absolute Gasteiger partial charge is 0.220 e. The number of pyridine rings is 1. The second kappa shape index (κ2) is 9.03. The van der Waals surface area contributed by atoms with Gasteiger partial charge in [0.25, 0.3) is 0 Å². The fraction of sp³-hybridized carbons (Fsp3) is 0.368. The van der Waals surface area contributed by atoms with Gasteiger partial charge >= 0.3 is 0 Å². The SMILES string of the molecule is CC(C)Oc1cccc(C(O)CNC(=O)CCc2cccnc2)c1. The number of aliphatic hydroxyl groups excluding tert-OH is 1. The molecule has 1 atom stereocenters. The van der Waals surface area contributed by atoms with Crippen LogP contribution in [0.5, 0.6) is 5.75 Å². The monoisotopic (exact) mass is 328 g/mol. The van der Waals surface area contributed by atoms with Gasteiger partial charge in [-0.25, -0.2) is 0 Å². The number of nitrogens with one attached hydrogen (secondary N) is 1. The molecule has 0 spiro atoms. The summed E-state index contributed by atoms with van der Waals surface area (Å²) in [5, 5.41) is 13.0. The van der Waals surface area contributed by atoms with Crippen LogP contribution in [0.4, 0.5) is 0 Å². The minimum Gasteiger partial charge on any atom is -0.491 e. The van der Waals surface area contributed by atoms with E-state index in [1.165, 1.54) is 0 Å². The highest BCUT2D eigenvalue weighted by Crippen LogP contribution is 2.20. The lowest BCUT2D eigenvalue weighted by Crippen LogP contribution is -2.28. The Balaban J connectivity index is 1.79. The number of hydrogen-bond acceptors (Lipinski definition) is 4. The zero-order valence-electron chi connectivity index (χ0n) is 14.1. The van der Waals surface area contributed by atoms with Crippen LogP contribution in [0.2, 0.25) is 0 Å². The number of carbonyl (C=O) groups excluding carboxylic acids is 1. The lowest BCUT2D eigenvalue weighted by Gasteiger charge is -2.15. The maximum Gasteiger partial charge on any atom is 0.220 e. The minimum atomic E-state index is -0.761. The summed E-state index contributed by atoms with van der Waals surface area (Å²) in [6, 6.07) is 11.1. The average Bonchev–Trinajstić information content (AvgIpc) is 2.58. The van der Waals surface area contributed by atoms with E-state index in [0.29, 0.717) is 18.6 Å². The fourth-order valence-corrected chi connectivity index (χ4v) is 2.29. The van der Waals surface area contributed by atoms with Gasteiger partial charge in [-0.05, 0) is 49.6 Å². The number of rotatable bonds is 8. The molecule has 24 heavy (non-hydrogen) atoms. The molecule has 0 aliphatic rings. The highest BCUT2D eigenvalue weighted by molar-refractivity contribution is 5.76. The largest absolute Gasteiger partial charge is 0.491 e. The number of aromatic nitrogens is 1. The number of ether oxygens (including phenoxy) is 1. The Bertz CT molecular complexity index is 644. The fourth-order valence-electron chi connectivity index (χ4n) is 2.29.